The van der Waals surface area contributed by atoms with Gasteiger partial charge >= 0.3 is 0 Å². The van der Waals surface area contributed by atoms with Gasteiger partial charge in [0.2, 0.25) is 0 Å². The van der Waals surface area contributed by atoms with E-state index in [-0.39, 0.29) is 5.69 Å². The fourth-order valence-corrected chi connectivity index (χ4v) is 1.36. The topological polar surface area (TPSA) is 64.4 Å². The normalized spacial score (nSPS) is 9.44. The number of non-ortho nitro benzene ring substituents is 1. The van der Waals surface area contributed by atoms with Crippen LogP contribution in [0.15, 0.2) is 18.2 Å². The quantitative estimate of drug-likeness (QED) is 0.374. The van der Waals surface area contributed by atoms with Crippen LogP contribution in [-0.4, -0.2) is 25.1 Å². The van der Waals surface area contributed by atoms with Gasteiger partial charge in [-0.25, -0.2) is 0 Å². The third-order valence-electron chi connectivity index (χ3n) is 2.20. The van der Waals surface area contributed by atoms with Crippen LogP contribution in [0.3, 0.4) is 0 Å². The van der Waals surface area contributed by atoms with E-state index >= 15 is 0 Å². The molecule has 0 fully saturated rings. The van der Waals surface area contributed by atoms with Gasteiger partial charge in [-0.3, -0.25) is 10.1 Å². The highest BCUT2D eigenvalue weighted by Gasteiger charge is 2.09. The van der Waals surface area contributed by atoms with Crippen LogP contribution < -0.4 is 10.1 Å². The van der Waals surface area contributed by atoms with E-state index in [1.807, 2.05) is 14.0 Å². The lowest BCUT2D eigenvalue weighted by atomic mass is 10.1. The second kappa shape index (κ2) is 7.30. The van der Waals surface area contributed by atoms with Gasteiger partial charge < -0.3 is 10.1 Å². The molecule has 1 rings (SSSR count). The predicted octanol–water partition coefficient (Wildman–Crippen LogP) is 1.95. The van der Waals surface area contributed by atoms with Gasteiger partial charge in [0.25, 0.3) is 5.69 Å². The van der Waals surface area contributed by atoms with Gasteiger partial charge in [0.1, 0.15) is 5.75 Å². The third-order valence-corrected chi connectivity index (χ3v) is 2.20. The van der Waals surface area contributed by atoms with Crippen molar-refractivity contribution in [1.29, 1.82) is 0 Å². The molecule has 0 saturated carbocycles. The van der Waals surface area contributed by atoms with Crippen molar-refractivity contribution in [1.82, 2.24) is 5.32 Å². The fourth-order valence-electron chi connectivity index (χ4n) is 1.36. The van der Waals surface area contributed by atoms with E-state index in [1.165, 1.54) is 12.1 Å². The molecule has 96 valence electrons. The summed E-state index contributed by atoms with van der Waals surface area (Å²) in [6.07, 6.45) is 0.685. The van der Waals surface area contributed by atoms with Crippen LogP contribution in [-0.2, 0) is 0 Å². The summed E-state index contributed by atoms with van der Waals surface area (Å²) in [4.78, 5) is 10.3. The maximum absolute atomic E-state index is 10.7. The molecular formula is C13H16N2O3. The molecule has 0 aliphatic heterocycles. The summed E-state index contributed by atoms with van der Waals surface area (Å²) in [5, 5.41) is 13.7. The van der Waals surface area contributed by atoms with Gasteiger partial charge in [-0.15, -0.1) is 0 Å². The average molecular weight is 248 g/mol. The monoisotopic (exact) mass is 248 g/mol. The summed E-state index contributed by atoms with van der Waals surface area (Å²) in [5.41, 5.74) is 0.582. The zero-order valence-electron chi connectivity index (χ0n) is 10.5. The minimum absolute atomic E-state index is 0.0244. The molecule has 18 heavy (non-hydrogen) atoms. The van der Waals surface area contributed by atoms with Crippen LogP contribution in [0.1, 0.15) is 18.9 Å². The van der Waals surface area contributed by atoms with Crippen LogP contribution in [0.25, 0.3) is 0 Å². The van der Waals surface area contributed by atoms with E-state index in [2.05, 4.69) is 17.2 Å². The Hall–Kier alpha value is -2.06. The van der Waals surface area contributed by atoms with Gasteiger partial charge in [-0.1, -0.05) is 11.8 Å². The Morgan fingerprint density at radius 2 is 2.28 bits per heavy atom. The Kier molecular flexibility index (Phi) is 5.68. The summed E-state index contributed by atoms with van der Waals surface area (Å²) in [6.45, 7) is 3.15. The maximum atomic E-state index is 10.7. The van der Waals surface area contributed by atoms with Gasteiger partial charge in [0, 0.05) is 25.1 Å². The van der Waals surface area contributed by atoms with E-state index in [1.54, 1.807) is 6.07 Å². The summed E-state index contributed by atoms with van der Waals surface area (Å²) in [6, 6.07) is 4.45. The van der Waals surface area contributed by atoms with Gasteiger partial charge in [-0.05, 0) is 20.0 Å². The van der Waals surface area contributed by atoms with Crippen LogP contribution in [0.2, 0.25) is 0 Å². The van der Waals surface area contributed by atoms with Crippen LogP contribution in [0.5, 0.6) is 5.75 Å². The van der Waals surface area contributed by atoms with Crippen LogP contribution >= 0.6 is 0 Å². The molecule has 0 aromatic heterocycles. The first kappa shape index (κ1) is 14.0. The Labute approximate surface area is 106 Å². The molecule has 0 spiro atoms. The van der Waals surface area contributed by atoms with E-state index in [0.29, 0.717) is 24.3 Å². The second-order valence-electron chi connectivity index (χ2n) is 3.53. The van der Waals surface area contributed by atoms with Gasteiger partial charge in [0.15, 0.2) is 0 Å². The number of hydrogen-bond acceptors (Lipinski definition) is 4. The second-order valence-corrected chi connectivity index (χ2v) is 3.53. The number of nitrogens with zero attached hydrogens (tertiary/aromatic N) is 1. The smallest absolute Gasteiger partial charge is 0.270 e. The fraction of sp³-hybridized carbons (Fsp3) is 0.385. The van der Waals surface area contributed by atoms with Gasteiger partial charge in [0.05, 0.1) is 17.1 Å². The van der Waals surface area contributed by atoms with Crippen molar-refractivity contribution >= 4 is 5.69 Å². The first-order valence-corrected chi connectivity index (χ1v) is 5.73. The number of nitrogens with one attached hydrogen (secondary N) is 1. The largest absolute Gasteiger partial charge is 0.493 e. The van der Waals surface area contributed by atoms with Crippen molar-refractivity contribution in [2.24, 2.45) is 0 Å². The van der Waals surface area contributed by atoms with Gasteiger partial charge in [-0.2, -0.15) is 0 Å². The predicted molar refractivity (Wildman–Crippen MR) is 69.7 cm³/mol. The summed E-state index contributed by atoms with van der Waals surface area (Å²) < 4.78 is 5.39. The molecule has 1 N–H and O–H groups in total. The zero-order chi connectivity index (χ0) is 13.4. The molecule has 5 heteroatoms. The molecule has 0 heterocycles. The number of nitro benzene ring substituents is 1. The molecule has 1 aromatic carbocycles. The summed E-state index contributed by atoms with van der Waals surface area (Å²) in [5.74, 6) is 6.44. The highest BCUT2D eigenvalue weighted by atomic mass is 16.6. The number of hydrogen-bond donors (Lipinski definition) is 1. The first-order chi connectivity index (χ1) is 8.69. The minimum atomic E-state index is -0.436. The lowest BCUT2D eigenvalue weighted by molar-refractivity contribution is -0.384. The summed E-state index contributed by atoms with van der Waals surface area (Å²) >= 11 is 0. The summed E-state index contributed by atoms with van der Waals surface area (Å²) in [7, 11) is 1.85. The van der Waals surface area contributed by atoms with Crippen LogP contribution in [0.4, 0.5) is 5.69 Å². The molecule has 0 unspecified atom stereocenters. The molecule has 0 radical (unpaired) electrons. The van der Waals surface area contributed by atoms with E-state index in [0.717, 1.165) is 6.54 Å². The number of benzene rings is 1. The molecule has 0 bridgehead atoms. The SMILES string of the molecule is CCOc1ccc([N+](=O)[O-])cc1C#CCCNC. The van der Waals surface area contributed by atoms with Crippen molar-refractivity contribution < 1.29 is 9.66 Å². The Balaban J connectivity index is 2.98. The van der Waals surface area contributed by atoms with Crippen molar-refractivity contribution in [2.75, 3.05) is 20.2 Å². The average Bonchev–Trinajstić information content (AvgIpc) is 2.36. The Bertz CT molecular complexity index is 475. The molecule has 5 nitrogen and oxygen atoms in total. The van der Waals surface area contributed by atoms with Crippen molar-refractivity contribution in [2.45, 2.75) is 13.3 Å². The first-order valence-electron chi connectivity index (χ1n) is 5.73. The molecule has 1 aromatic rings. The van der Waals surface area contributed by atoms with Crippen molar-refractivity contribution in [3.05, 3.63) is 33.9 Å². The van der Waals surface area contributed by atoms with Crippen molar-refractivity contribution in [3.8, 4) is 17.6 Å². The van der Waals surface area contributed by atoms with E-state index in [9.17, 15) is 10.1 Å². The molecule has 0 amide bonds. The molecule has 0 atom stereocenters. The zero-order valence-corrected chi connectivity index (χ0v) is 10.5. The van der Waals surface area contributed by atoms with Crippen molar-refractivity contribution in [3.63, 3.8) is 0 Å². The molecule has 0 aliphatic rings. The van der Waals surface area contributed by atoms with E-state index in [4.69, 9.17) is 4.74 Å². The molecule has 0 saturated heterocycles. The van der Waals surface area contributed by atoms with E-state index < -0.39 is 4.92 Å². The highest BCUT2D eigenvalue weighted by molar-refractivity contribution is 5.52. The maximum Gasteiger partial charge on any atom is 0.270 e. The Morgan fingerprint density at radius 3 is 2.89 bits per heavy atom. The lowest BCUT2D eigenvalue weighted by Crippen LogP contribution is -2.05. The molecule has 0 aliphatic carbocycles. The standard InChI is InChI=1S/C13H16N2O3/c1-3-18-13-8-7-12(15(16)17)10-11(13)6-4-5-9-14-2/h7-8,10,14H,3,5,9H2,1-2H3. The Morgan fingerprint density at radius 1 is 1.50 bits per heavy atom. The highest BCUT2D eigenvalue weighted by Crippen LogP contribution is 2.23. The third kappa shape index (κ3) is 4.07. The van der Waals surface area contributed by atoms with Crippen LogP contribution in [0, 0.1) is 22.0 Å². The molecular weight excluding hydrogens is 232 g/mol. The number of nitro groups is 1. The number of rotatable bonds is 5. The minimum Gasteiger partial charge on any atom is -0.493 e. The number of ether oxygens (including phenoxy) is 1. The lowest BCUT2D eigenvalue weighted by Gasteiger charge is -2.05.